The number of carbonyl (C=O) groups excluding carboxylic acids is 2. The first-order valence-corrected chi connectivity index (χ1v) is 4.63. The van der Waals surface area contributed by atoms with Gasteiger partial charge in [-0.2, -0.15) is 0 Å². The van der Waals surface area contributed by atoms with Crippen LogP contribution in [0.15, 0.2) is 0 Å². The molecule has 5 heteroatoms. The maximum absolute atomic E-state index is 11.2. The quantitative estimate of drug-likeness (QED) is 0.568. The molecule has 0 saturated heterocycles. The normalized spacial score (nSPS) is 14.5. The zero-order chi connectivity index (χ0) is 11.1. The Bertz CT molecular complexity index is 205. The number of esters is 1. The summed E-state index contributed by atoms with van der Waals surface area (Å²) in [7, 11) is 0. The standard InChI is InChI=1S/C9H17NO4/c1-3-6(2)14-9(13)7(10)4-5-8(11)12/h6-7H,3-5,10H2,1-2H3,(H,11,12)/p-1/t6?,7-/m1/s1. The molecule has 1 unspecified atom stereocenters. The average molecular weight is 202 g/mol. The molecule has 0 bridgehead atoms. The van der Waals surface area contributed by atoms with E-state index in [0.717, 1.165) is 0 Å². The summed E-state index contributed by atoms with van der Waals surface area (Å²) in [6.45, 7) is 3.63. The molecular weight excluding hydrogens is 186 g/mol. The molecule has 2 atom stereocenters. The highest BCUT2D eigenvalue weighted by molar-refractivity contribution is 5.76. The molecule has 82 valence electrons. The Morgan fingerprint density at radius 1 is 1.50 bits per heavy atom. The van der Waals surface area contributed by atoms with E-state index in [1.165, 1.54) is 0 Å². The zero-order valence-corrected chi connectivity index (χ0v) is 8.49. The maximum atomic E-state index is 11.2. The van der Waals surface area contributed by atoms with Crippen molar-refractivity contribution >= 4 is 11.9 Å². The molecule has 0 rings (SSSR count). The Balaban J connectivity index is 3.81. The van der Waals surface area contributed by atoms with Gasteiger partial charge < -0.3 is 20.4 Å². The largest absolute Gasteiger partial charge is 0.550 e. The van der Waals surface area contributed by atoms with Gasteiger partial charge >= 0.3 is 5.97 Å². The molecule has 0 aliphatic heterocycles. The van der Waals surface area contributed by atoms with Gasteiger partial charge in [0, 0.05) is 5.97 Å². The molecule has 0 saturated carbocycles. The van der Waals surface area contributed by atoms with Crippen LogP contribution in [0.1, 0.15) is 33.1 Å². The van der Waals surface area contributed by atoms with Crippen LogP contribution in [-0.2, 0) is 14.3 Å². The summed E-state index contributed by atoms with van der Waals surface area (Å²) in [5.41, 5.74) is 5.40. The molecule has 0 spiro atoms. The second kappa shape index (κ2) is 6.37. The highest BCUT2D eigenvalue weighted by Gasteiger charge is 2.16. The minimum Gasteiger partial charge on any atom is -0.550 e. The minimum atomic E-state index is -1.21. The van der Waals surface area contributed by atoms with Crippen LogP contribution in [0.5, 0.6) is 0 Å². The predicted molar refractivity (Wildman–Crippen MR) is 48.1 cm³/mol. The fraction of sp³-hybridized carbons (Fsp3) is 0.778. The van der Waals surface area contributed by atoms with E-state index in [4.69, 9.17) is 10.5 Å². The van der Waals surface area contributed by atoms with E-state index < -0.39 is 18.0 Å². The third kappa shape index (κ3) is 5.53. The Morgan fingerprint density at radius 3 is 2.50 bits per heavy atom. The number of ether oxygens (including phenoxy) is 1. The van der Waals surface area contributed by atoms with Crippen LogP contribution in [0, 0.1) is 0 Å². The number of hydrogen-bond acceptors (Lipinski definition) is 5. The Kier molecular flexibility index (Phi) is 5.87. The summed E-state index contributed by atoms with van der Waals surface area (Å²) in [5.74, 6) is -1.77. The molecule has 14 heavy (non-hydrogen) atoms. The second-order valence-corrected chi connectivity index (χ2v) is 3.17. The van der Waals surface area contributed by atoms with Gasteiger partial charge in [-0.05, 0) is 26.2 Å². The van der Waals surface area contributed by atoms with Gasteiger partial charge in [-0.25, -0.2) is 0 Å². The van der Waals surface area contributed by atoms with Crippen molar-refractivity contribution in [2.24, 2.45) is 5.73 Å². The van der Waals surface area contributed by atoms with Gasteiger partial charge in [0.15, 0.2) is 0 Å². The van der Waals surface area contributed by atoms with Gasteiger partial charge in [0.25, 0.3) is 0 Å². The molecule has 0 aliphatic rings. The van der Waals surface area contributed by atoms with Crippen LogP contribution in [0.4, 0.5) is 0 Å². The van der Waals surface area contributed by atoms with Gasteiger partial charge in [-0.3, -0.25) is 4.79 Å². The first kappa shape index (κ1) is 12.9. The Labute approximate surface area is 83.2 Å². The van der Waals surface area contributed by atoms with Crippen LogP contribution in [0.2, 0.25) is 0 Å². The number of nitrogens with two attached hydrogens (primary N) is 1. The summed E-state index contributed by atoms with van der Waals surface area (Å²) in [6, 6.07) is -0.873. The van der Waals surface area contributed by atoms with Crippen molar-refractivity contribution in [3.63, 3.8) is 0 Å². The van der Waals surface area contributed by atoms with Crippen LogP contribution < -0.4 is 10.8 Å². The molecule has 0 aromatic rings. The molecule has 5 nitrogen and oxygen atoms in total. The lowest BCUT2D eigenvalue weighted by atomic mass is 10.2. The van der Waals surface area contributed by atoms with Crippen LogP contribution in [0.3, 0.4) is 0 Å². The molecule has 0 aliphatic carbocycles. The molecule has 0 heterocycles. The minimum absolute atomic E-state index is 0.0532. The van der Waals surface area contributed by atoms with E-state index in [1.807, 2.05) is 6.92 Å². The van der Waals surface area contributed by atoms with Gasteiger partial charge in [0.1, 0.15) is 6.04 Å². The third-order valence-electron chi connectivity index (χ3n) is 1.85. The predicted octanol–water partition coefficient (Wildman–Crippen LogP) is -0.814. The van der Waals surface area contributed by atoms with Gasteiger partial charge in [-0.15, -0.1) is 0 Å². The number of hydrogen-bond donors (Lipinski definition) is 1. The monoisotopic (exact) mass is 202 g/mol. The number of aliphatic carboxylic acids is 1. The van der Waals surface area contributed by atoms with Crippen molar-refractivity contribution in [3.8, 4) is 0 Å². The van der Waals surface area contributed by atoms with Crippen LogP contribution in [-0.4, -0.2) is 24.1 Å². The molecule has 2 N–H and O–H groups in total. The topological polar surface area (TPSA) is 92.5 Å². The van der Waals surface area contributed by atoms with Crippen molar-refractivity contribution in [2.75, 3.05) is 0 Å². The highest BCUT2D eigenvalue weighted by Crippen LogP contribution is 2.01. The van der Waals surface area contributed by atoms with Crippen molar-refractivity contribution in [1.29, 1.82) is 0 Å². The summed E-state index contributed by atoms with van der Waals surface area (Å²) >= 11 is 0. The number of carboxylic acid groups (broad SMARTS) is 1. The lowest BCUT2D eigenvalue weighted by molar-refractivity contribution is -0.305. The maximum Gasteiger partial charge on any atom is 0.323 e. The number of carboxylic acids is 1. The van der Waals surface area contributed by atoms with Gasteiger partial charge in [0.2, 0.25) is 0 Å². The summed E-state index contributed by atoms with van der Waals surface area (Å²) in [6.07, 6.45) is 0.351. The van der Waals surface area contributed by atoms with E-state index in [2.05, 4.69) is 0 Å². The van der Waals surface area contributed by atoms with E-state index in [1.54, 1.807) is 6.92 Å². The summed E-state index contributed by atoms with van der Waals surface area (Å²) < 4.78 is 4.92. The fourth-order valence-electron chi connectivity index (χ4n) is 0.760. The molecular formula is C9H16NO4-. The first-order chi connectivity index (χ1) is 6.47. The first-order valence-electron chi connectivity index (χ1n) is 4.63. The van der Waals surface area contributed by atoms with E-state index in [-0.39, 0.29) is 18.9 Å². The summed E-state index contributed by atoms with van der Waals surface area (Å²) in [4.78, 5) is 21.3. The lowest BCUT2D eigenvalue weighted by Crippen LogP contribution is -2.36. The van der Waals surface area contributed by atoms with Crippen molar-refractivity contribution in [2.45, 2.75) is 45.3 Å². The second-order valence-electron chi connectivity index (χ2n) is 3.17. The zero-order valence-electron chi connectivity index (χ0n) is 8.49. The van der Waals surface area contributed by atoms with E-state index in [0.29, 0.717) is 6.42 Å². The molecule has 0 aromatic carbocycles. The van der Waals surface area contributed by atoms with E-state index in [9.17, 15) is 14.7 Å². The smallest absolute Gasteiger partial charge is 0.323 e. The van der Waals surface area contributed by atoms with E-state index >= 15 is 0 Å². The third-order valence-corrected chi connectivity index (χ3v) is 1.85. The van der Waals surface area contributed by atoms with Crippen LogP contribution in [0.25, 0.3) is 0 Å². The number of carbonyl (C=O) groups is 2. The fourth-order valence-corrected chi connectivity index (χ4v) is 0.760. The Morgan fingerprint density at radius 2 is 2.07 bits per heavy atom. The lowest BCUT2D eigenvalue weighted by Gasteiger charge is -2.15. The molecule has 0 amide bonds. The Hall–Kier alpha value is -1.10. The van der Waals surface area contributed by atoms with Crippen molar-refractivity contribution in [3.05, 3.63) is 0 Å². The highest BCUT2D eigenvalue weighted by atomic mass is 16.5. The van der Waals surface area contributed by atoms with Gasteiger partial charge in [0.05, 0.1) is 6.10 Å². The average Bonchev–Trinajstić information content (AvgIpc) is 2.13. The SMILES string of the molecule is CCC(C)OC(=O)[C@H](N)CCC(=O)[O-]. The van der Waals surface area contributed by atoms with Crippen molar-refractivity contribution in [1.82, 2.24) is 0 Å². The molecule has 0 radical (unpaired) electrons. The van der Waals surface area contributed by atoms with Gasteiger partial charge in [-0.1, -0.05) is 6.92 Å². The summed E-state index contributed by atoms with van der Waals surface area (Å²) in [5, 5.41) is 10.1. The van der Waals surface area contributed by atoms with Crippen LogP contribution >= 0.6 is 0 Å². The van der Waals surface area contributed by atoms with Crippen molar-refractivity contribution < 1.29 is 19.4 Å². The number of rotatable bonds is 6. The molecule has 0 fully saturated rings. The molecule has 0 aromatic heterocycles.